The number of hydrogen-bond donors (Lipinski definition) is 1. The lowest BCUT2D eigenvalue weighted by Gasteiger charge is -2.23. The molecule has 0 bridgehead atoms. The van der Waals surface area contributed by atoms with E-state index < -0.39 is 5.97 Å². The summed E-state index contributed by atoms with van der Waals surface area (Å²) in [6.45, 7) is 3.30. The van der Waals surface area contributed by atoms with Gasteiger partial charge in [0, 0.05) is 18.2 Å². The van der Waals surface area contributed by atoms with Crippen molar-refractivity contribution in [1.29, 1.82) is 0 Å². The van der Waals surface area contributed by atoms with Crippen molar-refractivity contribution in [3.8, 4) is 0 Å². The molecule has 0 aromatic heterocycles. The Bertz CT molecular complexity index is 176. The molecule has 0 aromatic carbocycles. The third kappa shape index (κ3) is 8.75. The van der Waals surface area contributed by atoms with Crippen molar-refractivity contribution < 1.29 is 9.90 Å². The van der Waals surface area contributed by atoms with Crippen LogP contribution in [0.4, 0.5) is 0 Å². The highest BCUT2D eigenvalue weighted by atomic mass is 32.2. The molecule has 0 spiro atoms. The van der Waals surface area contributed by atoms with E-state index in [4.69, 9.17) is 5.11 Å². The molecule has 0 fully saturated rings. The third-order valence-electron chi connectivity index (χ3n) is 2.56. The third-order valence-corrected chi connectivity index (χ3v) is 3.38. The zero-order chi connectivity index (χ0) is 11.7. The lowest BCUT2D eigenvalue weighted by molar-refractivity contribution is -0.137. The molecule has 4 heteroatoms. The summed E-state index contributed by atoms with van der Waals surface area (Å²) in [6.07, 6.45) is 5.35. The maximum Gasteiger partial charge on any atom is 0.303 e. The van der Waals surface area contributed by atoms with Crippen molar-refractivity contribution in [2.75, 3.05) is 25.6 Å². The van der Waals surface area contributed by atoms with Crippen molar-refractivity contribution in [2.24, 2.45) is 0 Å². The average molecular weight is 233 g/mol. The molecule has 15 heavy (non-hydrogen) atoms. The number of unbranched alkanes of at least 4 members (excludes halogenated alkanes) is 2. The van der Waals surface area contributed by atoms with Gasteiger partial charge in [0.05, 0.1) is 0 Å². The first-order chi connectivity index (χ1) is 7.07. The van der Waals surface area contributed by atoms with Crippen LogP contribution in [0.2, 0.25) is 0 Å². The first kappa shape index (κ1) is 14.8. The van der Waals surface area contributed by atoms with Crippen molar-refractivity contribution in [1.82, 2.24) is 4.90 Å². The van der Waals surface area contributed by atoms with E-state index in [1.54, 1.807) is 0 Å². The number of rotatable bonds is 9. The van der Waals surface area contributed by atoms with Gasteiger partial charge < -0.3 is 10.0 Å². The minimum atomic E-state index is -0.681. The van der Waals surface area contributed by atoms with Crippen LogP contribution in [0.25, 0.3) is 0 Å². The number of aliphatic carboxylic acids is 1. The summed E-state index contributed by atoms with van der Waals surface area (Å²) in [5.41, 5.74) is 0. The Morgan fingerprint density at radius 2 is 2.07 bits per heavy atom. The fourth-order valence-corrected chi connectivity index (χ4v) is 2.14. The Morgan fingerprint density at radius 3 is 2.60 bits per heavy atom. The van der Waals surface area contributed by atoms with Gasteiger partial charge in [-0.05, 0) is 39.6 Å². The summed E-state index contributed by atoms with van der Waals surface area (Å²) in [6, 6.07) is 0.611. The minimum Gasteiger partial charge on any atom is -0.481 e. The van der Waals surface area contributed by atoms with E-state index in [-0.39, 0.29) is 0 Å². The number of carboxylic acids is 1. The van der Waals surface area contributed by atoms with Crippen molar-refractivity contribution >= 4 is 17.7 Å². The van der Waals surface area contributed by atoms with Crippen LogP contribution in [0, 0.1) is 0 Å². The molecule has 0 rings (SSSR count). The lowest BCUT2D eigenvalue weighted by atomic mass is 10.2. The Morgan fingerprint density at radius 1 is 1.40 bits per heavy atom. The smallest absolute Gasteiger partial charge is 0.303 e. The summed E-state index contributed by atoms with van der Waals surface area (Å²) in [5, 5.41) is 8.47. The number of hydrogen-bond acceptors (Lipinski definition) is 3. The molecule has 90 valence electrons. The molecule has 0 aromatic rings. The van der Waals surface area contributed by atoms with Crippen LogP contribution in [-0.4, -0.2) is 47.6 Å². The molecule has 0 aliphatic heterocycles. The average Bonchev–Trinajstić information content (AvgIpc) is 2.16. The number of thioether (sulfide) groups is 1. The van der Waals surface area contributed by atoms with Crippen LogP contribution in [0.3, 0.4) is 0 Å². The van der Waals surface area contributed by atoms with Crippen molar-refractivity contribution in [3.05, 3.63) is 0 Å². The number of carboxylic acid groups (broad SMARTS) is 1. The zero-order valence-corrected chi connectivity index (χ0v) is 10.8. The monoisotopic (exact) mass is 233 g/mol. The van der Waals surface area contributed by atoms with Crippen LogP contribution in [0.1, 0.15) is 32.6 Å². The fraction of sp³-hybridized carbons (Fsp3) is 0.909. The second-order valence-electron chi connectivity index (χ2n) is 3.99. The Kier molecular flexibility index (Phi) is 8.91. The second kappa shape index (κ2) is 9.04. The van der Waals surface area contributed by atoms with E-state index in [1.807, 2.05) is 11.8 Å². The van der Waals surface area contributed by atoms with E-state index in [0.29, 0.717) is 12.5 Å². The molecule has 0 saturated heterocycles. The normalized spacial score (nSPS) is 13.1. The van der Waals surface area contributed by atoms with E-state index in [2.05, 4.69) is 25.1 Å². The first-order valence-corrected chi connectivity index (χ1v) is 6.88. The molecule has 0 heterocycles. The Balaban J connectivity index is 3.37. The fourth-order valence-electron chi connectivity index (χ4n) is 1.40. The number of carbonyl (C=O) groups is 1. The topological polar surface area (TPSA) is 40.5 Å². The molecule has 1 N–H and O–H groups in total. The summed E-state index contributed by atoms with van der Waals surface area (Å²) in [7, 11) is 2.14. The van der Waals surface area contributed by atoms with Crippen molar-refractivity contribution in [2.45, 2.75) is 38.6 Å². The van der Waals surface area contributed by atoms with Crippen LogP contribution in [0.5, 0.6) is 0 Å². The maximum atomic E-state index is 10.3. The molecule has 0 aliphatic rings. The van der Waals surface area contributed by atoms with Gasteiger partial charge in [-0.15, -0.1) is 0 Å². The van der Waals surface area contributed by atoms with E-state index >= 15 is 0 Å². The molecular formula is C11H23NO2S. The van der Waals surface area contributed by atoms with Crippen LogP contribution < -0.4 is 0 Å². The summed E-state index contributed by atoms with van der Waals surface area (Å²) in [4.78, 5) is 12.6. The number of nitrogens with zero attached hydrogens (tertiary/aromatic N) is 1. The molecule has 1 atom stereocenters. The highest BCUT2D eigenvalue weighted by Gasteiger charge is 2.07. The Hall–Kier alpha value is -0.220. The molecular weight excluding hydrogens is 210 g/mol. The Labute approximate surface area is 97.2 Å². The summed E-state index contributed by atoms with van der Waals surface area (Å²) >= 11 is 1.87. The van der Waals surface area contributed by atoms with Crippen molar-refractivity contribution in [3.63, 3.8) is 0 Å². The summed E-state index contributed by atoms with van der Waals surface area (Å²) in [5.74, 6) is 0.477. The van der Waals surface area contributed by atoms with Gasteiger partial charge >= 0.3 is 5.97 Å². The highest BCUT2D eigenvalue weighted by Crippen LogP contribution is 2.06. The van der Waals surface area contributed by atoms with Gasteiger partial charge in [-0.1, -0.05) is 6.42 Å². The van der Waals surface area contributed by atoms with Gasteiger partial charge in [-0.3, -0.25) is 4.79 Å². The van der Waals surface area contributed by atoms with Crippen LogP contribution >= 0.6 is 11.8 Å². The van der Waals surface area contributed by atoms with E-state index in [1.165, 1.54) is 0 Å². The van der Waals surface area contributed by atoms with Crippen LogP contribution in [-0.2, 0) is 4.79 Å². The molecule has 0 aliphatic carbocycles. The van der Waals surface area contributed by atoms with E-state index in [9.17, 15) is 4.79 Å². The van der Waals surface area contributed by atoms with Gasteiger partial charge in [-0.25, -0.2) is 0 Å². The maximum absolute atomic E-state index is 10.3. The van der Waals surface area contributed by atoms with Crippen LogP contribution in [0.15, 0.2) is 0 Å². The van der Waals surface area contributed by atoms with Gasteiger partial charge in [0.15, 0.2) is 0 Å². The standard InChI is InChI=1S/C11H23NO2S/c1-10(9-15-3)12(2)8-6-4-5-7-11(13)14/h10H,4-9H2,1-3H3,(H,13,14). The molecule has 0 amide bonds. The first-order valence-electron chi connectivity index (χ1n) is 5.49. The molecule has 0 radical (unpaired) electrons. The minimum absolute atomic E-state index is 0.310. The summed E-state index contributed by atoms with van der Waals surface area (Å²) < 4.78 is 0. The lowest BCUT2D eigenvalue weighted by Crippen LogP contribution is -2.31. The SMILES string of the molecule is CSCC(C)N(C)CCCCCC(=O)O. The highest BCUT2D eigenvalue weighted by molar-refractivity contribution is 7.98. The van der Waals surface area contributed by atoms with Gasteiger partial charge in [0.1, 0.15) is 0 Å². The largest absolute Gasteiger partial charge is 0.481 e. The zero-order valence-electron chi connectivity index (χ0n) is 10.0. The van der Waals surface area contributed by atoms with Gasteiger partial charge in [0.2, 0.25) is 0 Å². The molecule has 1 unspecified atom stereocenters. The molecule has 3 nitrogen and oxygen atoms in total. The predicted molar refractivity (Wildman–Crippen MR) is 66.6 cm³/mol. The van der Waals surface area contributed by atoms with Gasteiger partial charge in [-0.2, -0.15) is 11.8 Å². The van der Waals surface area contributed by atoms with E-state index in [0.717, 1.165) is 31.6 Å². The second-order valence-corrected chi connectivity index (χ2v) is 4.90. The predicted octanol–water partition coefficient (Wildman–Crippen LogP) is 2.31. The molecule has 0 saturated carbocycles. The van der Waals surface area contributed by atoms with Gasteiger partial charge in [0.25, 0.3) is 0 Å². The quantitative estimate of drug-likeness (QED) is 0.620.